The van der Waals surface area contributed by atoms with Crippen molar-refractivity contribution in [1.29, 1.82) is 5.41 Å². The molecule has 0 saturated heterocycles. The van der Waals surface area contributed by atoms with Crippen molar-refractivity contribution < 1.29 is 29.1 Å². The molecule has 4 atom stereocenters. The quantitative estimate of drug-likeness (QED) is 0.0267. The molecule has 0 aliphatic rings. The fraction of sp³-hybridized carbons (Fsp3) is 0.351. The molecule has 16 heteroatoms. The van der Waals surface area contributed by atoms with Gasteiger partial charge in [0.25, 0.3) is 0 Å². The molecule has 0 bridgehead atoms. The van der Waals surface area contributed by atoms with Crippen molar-refractivity contribution >= 4 is 69.9 Å². The van der Waals surface area contributed by atoms with Gasteiger partial charge in [-0.1, -0.05) is 60.7 Å². The van der Waals surface area contributed by atoms with Gasteiger partial charge in [0.15, 0.2) is 5.96 Å². The van der Waals surface area contributed by atoms with Gasteiger partial charge in [0, 0.05) is 48.8 Å². The molecule has 4 amide bonds. The van der Waals surface area contributed by atoms with Gasteiger partial charge in [-0.2, -0.15) is 12.6 Å². The highest BCUT2D eigenvalue weighted by Crippen LogP contribution is 2.20. The Bertz CT molecular complexity index is 1920. The summed E-state index contributed by atoms with van der Waals surface area (Å²) in [5.41, 5.74) is 14.2. The Balaban J connectivity index is 1.46. The second-order valence-corrected chi connectivity index (χ2v) is 13.1. The number of guanidine groups is 1. The maximum Gasteiger partial charge on any atom is 0.327 e. The lowest BCUT2D eigenvalue weighted by atomic mass is 10.0. The lowest BCUT2D eigenvalue weighted by Crippen LogP contribution is -2.56. The van der Waals surface area contributed by atoms with Crippen molar-refractivity contribution in [3.05, 3.63) is 84.1 Å². The van der Waals surface area contributed by atoms with Crippen LogP contribution >= 0.6 is 12.6 Å². The summed E-state index contributed by atoms with van der Waals surface area (Å²) in [5, 5.41) is 32.9. The first-order valence-electron chi connectivity index (χ1n) is 17.3. The summed E-state index contributed by atoms with van der Waals surface area (Å²) in [5.74, 6) is -3.67. The first kappa shape index (κ1) is 40.2. The van der Waals surface area contributed by atoms with Crippen molar-refractivity contribution in [3.63, 3.8) is 0 Å². The van der Waals surface area contributed by atoms with E-state index in [-0.39, 0.29) is 56.9 Å². The van der Waals surface area contributed by atoms with Gasteiger partial charge in [0.05, 0.1) is 6.04 Å². The lowest BCUT2D eigenvalue weighted by Gasteiger charge is -2.24. The molecule has 4 rings (SSSR count). The van der Waals surface area contributed by atoms with Crippen LogP contribution in [0, 0.1) is 5.41 Å². The van der Waals surface area contributed by atoms with E-state index in [2.05, 4.69) is 44.2 Å². The SMILES string of the molecule is N=C(N)NCCC[C@H](NC(=O)[C@@H](N)Cc1ccc2ccccc2c1)C(=O)N[C@@H](Cc1c[nH]c2ccccc12)C(=O)NCCCC(=O)N[C@@H](CS)C(=O)O. The predicted octanol–water partition coefficient (Wildman–Crippen LogP) is 1.06. The topological polar surface area (TPSA) is 257 Å². The Morgan fingerprint density at radius 1 is 0.792 bits per heavy atom. The minimum atomic E-state index is -1.20. The minimum absolute atomic E-state index is 0.0425. The maximum absolute atomic E-state index is 13.9. The van der Waals surface area contributed by atoms with E-state index in [4.69, 9.17) is 22.0 Å². The molecule has 3 aromatic carbocycles. The van der Waals surface area contributed by atoms with Crippen molar-refractivity contribution in [3.8, 4) is 0 Å². The van der Waals surface area contributed by atoms with Gasteiger partial charge in [0.2, 0.25) is 23.6 Å². The van der Waals surface area contributed by atoms with E-state index in [1.807, 2.05) is 66.7 Å². The summed E-state index contributed by atoms with van der Waals surface area (Å²) in [6.45, 7) is 0.345. The van der Waals surface area contributed by atoms with E-state index in [1.54, 1.807) is 6.20 Å². The van der Waals surface area contributed by atoms with Crippen molar-refractivity contribution in [2.24, 2.45) is 11.5 Å². The molecule has 1 heterocycles. The van der Waals surface area contributed by atoms with Crippen LogP contribution in [-0.4, -0.2) is 88.7 Å². The Morgan fingerprint density at radius 3 is 2.23 bits per heavy atom. The molecule has 15 nitrogen and oxygen atoms in total. The predicted molar refractivity (Wildman–Crippen MR) is 206 cm³/mol. The van der Waals surface area contributed by atoms with Gasteiger partial charge in [0.1, 0.15) is 18.1 Å². The zero-order valence-corrected chi connectivity index (χ0v) is 30.1. The summed E-state index contributed by atoms with van der Waals surface area (Å²) in [7, 11) is 0. The molecule has 0 fully saturated rings. The Morgan fingerprint density at radius 2 is 1.49 bits per heavy atom. The number of carboxylic acid groups (broad SMARTS) is 1. The number of carbonyl (C=O) groups is 5. The molecule has 0 aliphatic carbocycles. The van der Waals surface area contributed by atoms with Gasteiger partial charge in [-0.05, 0) is 53.6 Å². The van der Waals surface area contributed by atoms with Crippen LogP contribution < -0.4 is 38.1 Å². The van der Waals surface area contributed by atoms with Crippen LogP contribution in [0.25, 0.3) is 21.7 Å². The number of aromatic nitrogens is 1. The van der Waals surface area contributed by atoms with Crippen LogP contribution in [0.4, 0.5) is 0 Å². The summed E-state index contributed by atoms with van der Waals surface area (Å²) < 4.78 is 0. The number of rotatable bonds is 20. The van der Waals surface area contributed by atoms with Crippen LogP contribution in [0.15, 0.2) is 72.9 Å². The number of carbonyl (C=O) groups excluding carboxylic acids is 4. The third kappa shape index (κ3) is 12.2. The van der Waals surface area contributed by atoms with E-state index in [0.29, 0.717) is 6.42 Å². The molecular weight excluding hydrogens is 699 g/mol. The summed E-state index contributed by atoms with van der Waals surface area (Å²) >= 11 is 3.94. The van der Waals surface area contributed by atoms with Gasteiger partial charge < -0.3 is 48.1 Å². The van der Waals surface area contributed by atoms with Crippen molar-refractivity contribution in [1.82, 2.24) is 31.6 Å². The minimum Gasteiger partial charge on any atom is -0.480 e. The number of aliphatic carboxylic acids is 1. The average molecular weight is 746 g/mol. The van der Waals surface area contributed by atoms with Gasteiger partial charge >= 0.3 is 5.97 Å². The molecule has 0 spiro atoms. The smallest absolute Gasteiger partial charge is 0.327 e. The normalized spacial score (nSPS) is 13.3. The number of nitrogens with two attached hydrogens (primary N) is 2. The van der Waals surface area contributed by atoms with Crippen LogP contribution in [0.2, 0.25) is 0 Å². The van der Waals surface area contributed by atoms with E-state index in [0.717, 1.165) is 32.8 Å². The average Bonchev–Trinajstić information content (AvgIpc) is 3.55. The monoisotopic (exact) mass is 745 g/mol. The summed E-state index contributed by atoms with van der Waals surface area (Å²) in [6.07, 6.45) is 2.78. The number of hydrogen-bond acceptors (Lipinski definition) is 8. The highest BCUT2D eigenvalue weighted by molar-refractivity contribution is 7.80. The summed E-state index contributed by atoms with van der Waals surface area (Å²) in [6, 6.07) is 16.9. The number of aromatic amines is 1. The van der Waals surface area contributed by atoms with E-state index >= 15 is 0 Å². The third-order valence-corrected chi connectivity index (χ3v) is 9.02. The van der Waals surface area contributed by atoms with Gasteiger partial charge in [-0.3, -0.25) is 24.6 Å². The number of thiol groups is 1. The van der Waals surface area contributed by atoms with E-state index in [9.17, 15) is 24.0 Å². The van der Waals surface area contributed by atoms with Crippen LogP contribution in [0.1, 0.15) is 36.8 Å². The molecule has 12 N–H and O–H groups in total. The van der Waals surface area contributed by atoms with Crippen molar-refractivity contribution in [2.45, 2.75) is 62.7 Å². The fourth-order valence-electron chi connectivity index (χ4n) is 5.83. The Labute approximate surface area is 312 Å². The second-order valence-electron chi connectivity index (χ2n) is 12.7. The Hall–Kier alpha value is -5.61. The van der Waals surface area contributed by atoms with Gasteiger partial charge in [-0.15, -0.1) is 0 Å². The lowest BCUT2D eigenvalue weighted by molar-refractivity contribution is -0.141. The first-order chi connectivity index (χ1) is 25.4. The maximum atomic E-state index is 13.9. The van der Waals surface area contributed by atoms with Crippen molar-refractivity contribution in [2.75, 3.05) is 18.8 Å². The Kier molecular flexibility index (Phi) is 15.0. The van der Waals surface area contributed by atoms with E-state index in [1.165, 1.54) is 0 Å². The van der Waals surface area contributed by atoms with Crippen LogP contribution in [-0.2, 0) is 36.8 Å². The van der Waals surface area contributed by atoms with Crippen LogP contribution in [0.5, 0.6) is 0 Å². The largest absolute Gasteiger partial charge is 0.480 e. The molecular formula is C37H47N9O6S. The zero-order chi connectivity index (χ0) is 38.3. The molecule has 1 aromatic heterocycles. The number of para-hydroxylation sites is 1. The number of fused-ring (bicyclic) bond motifs is 2. The number of carboxylic acids is 1. The molecule has 4 aromatic rings. The molecule has 0 saturated carbocycles. The van der Waals surface area contributed by atoms with Gasteiger partial charge in [-0.25, -0.2) is 4.79 Å². The van der Waals surface area contributed by atoms with E-state index < -0.39 is 53.8 Å². The standard InChI is InChI=1S/C37H47N9O6S/c38-27(18-22-13-14-23-7-1-2-8-24(23)17-22)33(48)45-29(11-5-16-42-37(39)40)35(50)46-30(19-25-20-43-28-10-4-3-9-26(25)28)34(49)41-15-6-12-32(47)44-31(21-53)36(51)52/h1-4,7-10,13-14,17,20,27,29-31,43,53H,5-6,11-12,15-16,18-19,21,38H2,(H,41,49)(H,44,47)(H,45,48)(H,46,50)(H,51,52)(H4,39,40,42)/t27-,29-,30-,31-/m0/s1. The molecule has 0 radical (unpaired) electrons. The number of nitrogens with one attached hydrogen (secondary N) is 7. The molecule has 282 valence electrons. The molecule has 53 heavy (non-hydrogen) atoms. The second kappa shape index (κ2) is 19.8. The molecule has 0 unspecified atom stereocenters. The highest BCUT2D eigenvalue weighted by atomic mass is 32.1. The third-order valence-electron chi connectivity index (χ3n) is 8.65. The fourth-order valence-corrected chi connectivity index (χ4v) is 6.07. The number of hydrogen-bond donors (Lipinski definition) is 11. The highest BCUT2D eigenvalue weighted by Gasteiger charge is 2.29. The van der Waals surface area contributed by atoms with Crippen LogP contribution in [0.3, 0.4) is 0 Å². The number of amides is 4. The number of H-pyrrole nitrogens is 1. The molecule has 0 aliphatic heterocycles. The number of benzene rings is 3. The summed E-state index contributed by atoms with van der Waals surface area (Å²) in [4.78, 5) is 67.5. The zero-order valence-electron chi connectivity index (χ0n) is 29.2. The first-order valence-corrected chi connectivity index (χ1v) is 18.0.